The highest BCUT2D eigenvalue weighted by molar-refractivity contribution is 4.90. The summed E-state index contributed by atoms with van der Waals surface area (Å²) in [6.45, 7) is 9.41. The molecule has 0 aromatic carbocycles. The van der Waals surface area contributed by atoms with E-state index in [0.717, 1.165) is 38.6 Å². The molecule has 0 bridgehead atoms. The predicted molar refractivity (Wildman–Crippen MR) is 73.8 cm³/mol. The SMILES string of the molecule is COCCN1[C@H](C)CN(Cc2nncn2C)C[C@H]1C. The number of methoxy groups -OCH3 is 1. The van der Waals surface area contributed by atoms with Crippen LogP contribution >= 0.6 is 0 Å². The molecular formula is C13H25N5O. The van der Waals surface area contributed by atoms with Crippen molar-refractivity contribution in [1.29, 1.82) is 0 Å². The maximum atomic E-state index is 5.19. The molecule has 19 heavy (non-hydrogen) atoms. The number of piperazine rings is 1. The van der Waals surface area contributed by atoms with Crippen molar-refractivity contribution in [3.63, 3.8) is 0 Å². The molecule has 1 saturated heterocycles. The Hall–Kier alpha value is -0.980. The monoisotopic (exact) mass is 267 g/mol. The van der Waals surface area contributed by atoms with Gasteiger partial charge in [0.05, 0.1) is 13.2 Å². The lowest BCUT2D eigenvalue weighted by Crippen LogP contribution is -2.57. The molecule has 1 aliphatic rings. The van der Waals surface area contributed by atoms with Crippen LogP contribution in [0.1, 0.15) is 19.7 Å². The van der Waals surface area contributed by atoms with E-state index in [0.29, 0.717) is 12.1 Å². The number of hydrogen-bond donors (Lipinski definition) is 0. The van der Waals surface area contributed by atoms with Crippen molar-refractivity contribution < 1.29 is 4.74 Å². The molecule has 6 nitrogen and oxygen atoms in total. The lowest BCUT2D eigenvalue weighted by molar-refractivity contribution is 0.0166. The van der Waals surface area contributed by atoms with Crippen molar-refractivity contribution in [2.45, 2.75) is 32.5 Å². The van der Waals surface area contributed by atoms with Gasteiger partial charge >= 0.3 is 0 Å². The summed E-state index contributed by atoms with van der Waals surface area (Å²) in [4.78, 5) is 4.99. The first-order chi connectivity index (χ1) is 9.11. The van der Waals surface area contributed by atoms with Gasteiger partial charge in [0, 0.05) is 45.9 Å². The molecule has 6 heteroatoms. The fraction of sp³-hybridized carbons (Fsp3) is 0.846. The molecule has 2 atom stereocenters. The lowest BCUT2D eigenvalue weighted by atomic mass is 10.1. The van der Waals surface area contributed by atoms with Crippen molar-refractivity contribution in [3.8, 4) is 0 Å². The predicted octanol–water partition coefficient (Wildman–Crippen LogP) is 0.356. The van der Waals surface area contributed by atoms with Crippen molar-refractivity contribution in [3.05, 3.63) is 12.2 Å². The van der Waals surface area contributed by atoms with Crippen molar-refractivity contribution in [2.24, 2.45) is 7.05 Å². The molecule has 2 rings (SSSR count). The summed E-state index contributed by atoms with van der Waals surface area (Å²) in [5, 5.41) is 8.11. The molecular weight excluding hydrogens is 242 g/mol. The molecule has 0 unspecified atom stereocenters. The summed E-state index contributed by atoms with van der Waals surface area (Å²) in [6, 6.07) is 1.10. The molecule has 0 spiro atoms. The molecule has 1 aliphatic heterocycles. The minimum Gasteiger partial charge on any atom is -0.383 e. The molecule has 1 fully saturated rings. The molecule has 0 radical (unpaired) electrons. The molecule has 1 aromatic rings. The summed E-state index contributed by atoms with van der Waals surface area (Å²) in [7, 11) is 3.76. The Morgan fingerprint density at radius 2 is 2.00 bits per heavy atom. The fourth-order valence-corrected chi connectivity index (χ4v) is 2.88. The number of aromatic nitrogens is 3. The van der Waals surface area contributed by atoms with Crippen LogP contribution in [-0.4, -0.2) is 70.0 Å². The van der Waals surface area contributed by atoms with E-state index < -0.39 is 0 Å². The average Bonchev–Trinajstić information content (AvgIpc) is 2.74. The molecule has 2 heterocycles. The number of nitrogens with zero attached hydrogens (tertiary/aromatic N) is 5. The Morgan fingerprint density at radius 3 is 2.53 bits per heavy atom. The first-order valence-electron chi connectivity index (χ1n) is 6.91. The van der Waals surface area contributed by atoms with Gasteiger partial charge in [0.1, 0.15) is 12.2 Å². The van der Waals surface area contributed by atoms with Gasteiger partial charge in [-0.1, -0.05) is 0 Å². The number of hydrogen-bond acceptors (Lipinski definition) is 5. The summed E-state index contributed by atoms with van der Waals surface area (Å²) < 4.78 is 7.18. The van der Waals surface area contributed by atoms with E-state index in [4.69, 9.17) is 4.74 Å². The zero-order chi connectivity index (χ0) is 13.8. The smallest absolute Gasteiger partial charge is 0.146 e. The quantitative estimate of drug-likeness (QED) is 0.771. The fourth-order valence-electron chi connectivity index (χ4n) is 2.88. The van der Waals surface area contributed by atoms with Gasteiger partial charge in [-0.05, 0) is 13.8 Å². The Morgan fingerprint density at radius 1 is 1.32 bits per heavy atom. The van der Waals surface area contributed by atoms with Gasteiger partial charge in [0.2, 0.25) is 0 Å². The van der Waals surface area contributed by atoms with Gasteiger partial charge < -0.3 is 9.30 Å². The summed E-state index contributed by atoms with van der Waals surface area (Å²) in [6.07, 6.45) is 1.76. The standard InChI is InChI=1S/C13H25N5O/c1-11-7-17(9-13-15-14-10-16(13)3)8-12(2)18(11)5-6-19-4/h10-12H,5-9H2,1-4H3/t11-,12-/m1/s1. The van der Waals surface area contributed by atoms with Crippen LogP contribution in [0.15, 0.2) is 6.33 Å². The number of ether oxygens (including phenoxy) is 1. The van der Waals surface area contributed by atoms with E-state index in [-0.39, 0.29) is 0 Å². The summed E-state index contributed by atoms with van der Waals surface area (Å²) >= 11 is 0. The van der Waals surface area contributed by atoms with Gasteiger partial charge in [0.15, 0.2) is 0 Å². The third-order valence-electron chi connectivity index (χ3n) is 3.90. The average molecular weight is 267 g/mol. The second-order valence-corrected chi connectivity index (χ2v) is 5.48. The lowest BCUT2D eigenvalue weighted by Gasteiger charge is -2.44. The van der Waals surface area contributed by atoms with Gasteiger partial charge in [-0.2, -0.15) is 0 Å². The first-order valence-corrected chi connectivity index (χ1v) is 6.91. The minimum absolute atomic E-state index is 0.548. The normalized spacial score (nSPS) is 25.9. The van der Waals surface area contributed by atoms with E-state index in [1.165, 1.54) is 0 Å². The topological polar surface area (TPSA) is 46.4 Å². The Bertz CT molecular complexity index is 382. The van der Waals surface area contributed by atoms with E-state index >= 15 is 0 Å². The molecule has 1 aromatic heterocycles. The van der Waals surface area contributed by atoms with Gasteiger partial charge in [-0.25, -0.2) is 0 Å². The molecule has 0 N–H and O–H groups in total. The highest BCUT2D eigenvalue weighted by Crippen LogP contribution is 2.16. The molecule has 0 aliphatic carbocycles. The van der Waals surface area contributed by atoms with E-state index in [1.54, 1.807) is 13.4 Å². The molecule has 0 saturated carbocycles. The molecule has 108 valence electrons. The first kappa shape index (κ1) is 14.4. The number of aryl methyl sites for hydroxylation is 1. The summed E-state index contributed by atoms with van der Waals surface area (Å²) in [5.74, 6) is 1.03. The second kappa shape index (κ2) is 6.45. The van der Waals surface area contributed by atoms with Crippen LogP contribution in [0.4, 0.5) is 0 Å². The van der Waals surface area contributed by atoms with Crippen LogP contribution in [0.5, 0.6) is 0 Å². The zero-order valence-corrected chi connectivity index (χ0v) is 12.4. The number of rotatable bonds is 5. The van der Waals surface area contributed by atoms with Crippen LogP contribution in [0.3, 0.4) is 0 Å². The Labute approximate surface area is 115 Å². The maximum Gasteiger partial charge on any atom is 0.146 e. The highest BCUT2D eigenvalue weighted by Gasteiger charge is 2.29. The molecule has 0 amide bonds. The van der Waals surface area contributed by atoms with E-state index in [2.05, 4.69) is 33.8 Å². The highest BCUT2D eigenvalue weighted by atomic mass is 16.5. The van der Waals surface area contributed by atoms with Crippen molar-refractivity contribution in [1.82, 2.24) is 24.6 Å². The third kappa shape index (κ3) is 3.52. The second-order valence-electron chi connectivity index (χ2n) is 5.48. The van der Waals surface area contributed by atoms with Crippen LogP contribution in [-0.2, 0) is 18.3 Å². The Kier molecular flexibility index (Phi) is 4.90. The van der Waals surface area contributed by atoms with Crippen LogP contribution in [0.25, 0.3) is 0 Å². The van der Waals surface area contributed by atoms with Crippen molar-refractivity contribution in [2.75, 3.05) is 33.4 Å². The maximum absolute atomic E-state index is 5.19. The summed E-state index contributed by atoms with van der Waals surface area (Å²) in [5.41, 5.74) is 0. The largest absolute Gasteiger partial charge is 0.383 e. The van der Waals surface area contributed by atoms with Crippen molar-refractivity contribution >= 4 is 0 Å². The zero-order valence-electron chi connectivity index (χ0n) is 12.4. The third-order valence-corrected chi connectivity index (χ3v) is 3.90. The van der Waals surface area contributed by atoms with Crippen LogP contribution < -0.4 is 0 Å². The van der Waals surface area contributed by atoms with E-state index in [1.807, 2.05) is 11.6 Å². The Balaban J connectivity index is 1.91. The van der Waals surface area contributed by atoms with E-state index in [9.17, 15) is 0 Å². The van der Waals surface area contributed by atoms with Crippen LogP contribution in [0, 0.1) is 0 Å². The van der Waals surface area contributed by atoms with Crippen LogP contribution in [0.2, 0.25) is 0 Å². The van der Waals surface area contributed by atoms with Gasteiger partial charge in [0.25, 0.3) is 0 Å². The minimum atomic E-state index is 0.548. The van der Waals surface area contributed by atoms with Gasteiger partial charge in [-0.3, -0.25) is 9.80 Å². The van der Waals surface area contributed by atoms with Gasteiger partial charge in [-0.15, -0.1) is 10.2 Å².